The van der Waals surface area contributed by atoms with E-state index in [1.54, 1.807) is 0 Å². The second kappa shape index (κ2) is 5.41. The summed E-state index contributed by atoms with van der Waals surface area (Å²) >= 11 is 0. The number of rotatable bonds is 3. The lowest BCUT2D eigenvalue weighted by Crippen LogP contribution is -2.21. The van der Waals surface area contributed by atoms with Crippen molar-refractivity contribution < 1.29 is 0 Å². The maximum Gasteiger partial charge on any atom is 0.0598 e. The SMILES string of the molecule is NCc1ccncc1N1CCC(c2ccccc2)C1. The van der Waals surface area contributed by atoms with Crippen molar-refractivity contribution in [2.75, 3.05) is 18.0 Å². The number of benzene rings is 1. The highest BCUT2D eigenvalue weighted by molar-refractivity contribution is 5.53. The van der Waals surface area contributed by atoms with E-state index >= 15 is 0 Å². The minimum absolute atomic E-state index is 0.574. The Labute approximate surface area is 114 Å². The first-order valence-electron chi connectivity index (χ1n) is 6.81. The summed E-state index contributed by atoms with van der Waals surface area (Å²) in [5.74, 6) is 0.618. The molecule has 0 spiro atoms. The highest BCUT2D eigenvalue weighted by Gasteiger charge is 2.25. The van der Waals surface area contributed by atoms with Crippen molar-refractivity contribution in [3.8, 4) is 0 Å². The molecule has 3 rings (SSSR count). The summed E-state index contributed by atoms with van der Waals surface area (Å²) in [6.07, 6.45) is 4.95. The molecule has 1 saturated heterocycles. The second-order valence-electron chi connectivity index (χ2n) is 5.05. The average Bonchev–Trinajstić information content (AvgIpc) is 2.98. The van der Waals surface area contributed by atoms with Gasteiger partial charge in [-0.25, -0.2) is 0 Å². The molecular weight excluding hydrogens is 234 g/mol. The van der Waals surface area contributed by atoms with Gasteiger partial charge in [-0.3, -0.25) is 4.98 Å². The van der Waals surface area contributed by atoms with Crippen molar-refractivity contribution >= 4 is 5.69 Å². The zero-order chi connectivity index (χ0) is 13.1. The van der Waals surface area contributed by atoms with Crippen molar-refractivity contribution in [2.24, 2.45) is 5.73 Å². The molecule has 0 radical (unpaired) electrons. The van der Waals surface area contributed by atoms with E-state index in [-0.39, 0.29) is 0 Å². The van der Waals surface area contributed by atoms with Crippen LogP contribution < -0.4 is 10.6 Å². The predicted octanol–water partition coefficient (Wildman–Crippen LogP) is 2.53. The van der Waals surface area contributed by atoms with Gasteiger partial charge in [-0.05, 0) is 23.6 Å². The number of hydrogen-bond acceptors (Lipinski definition) is 3. The molecule has 1 aromatic carbocycles. The monoisotopic (exact) mass is 253 g/mol. The molecule has 98 valence electrons. The minimum Gasteiger partial charge on any atom is -0.369 e. The van der Waals surface area contributed by atoms with Gasteiger partial charge in [0.15, 0.2) is 0 Å². The van der Waals surface area contributed by atoms with Crippen molar-refractivity contribution in [2.45, 2.75) is 18.9 Å². The van der Waals surface area contributed by atoms with Gasteiger partial charge in [-0.15, -0.1) is 0 Å². The van der Waals surface area contributed by atoms with Crippen LogP contribution in [-0.2, 0) is 6.54 Å². The Hall–Kier alpha value is -1.87. The number of nitrogens with two attached hydrogens (primary N) is 1. The Bertz CT molecular complexity index is 539. The molecule has 19 heavy (non-hydrogen) atoms. The first-order chi connectivity index (χ1) is 9.38. The zero-order valence-corrected chi connectivity index (χ0v) is 11.0. The Morgan fingerprint density at radius 1 is 1.21 bits per heavy atom. The second-order valence-corrected chi connectivity index (χ2v) is 5.05. The number of pyridine rings is 1. The van der Waals surface area contributed by atoms with E-state index in [4.69, 9.17) is 5.73 Å². The number of nitrogens with zero attached hydrogens (tertiary/aromatic N) is 2. The predicted molar refractivity (Wildman–Crippen MR) is 78.1 cm³/mol. The van der Waals surface area contributed by atoms with Crippen LogP contribution in [0.3, 0.4) is 0 Å². The molecule has 0 aliphatic carbocycles. The van der Waals surface area contributed by atoms with Gasteiger partial charge in [0.25, 0.3) is 0 Å². The summed E-state index contributed by atoms with van der Waals surface area (Å²) in [7, 11) is 0. The third-order valence-corrected chi connectivity index (χ3v) is 3.91. The van der Waals surface area contributed by atoms with Gasteiger partial charge < -0.3 is 10.6 Å². The van der Waals surface area contributed by atoms with Crippen molar-refractivity contribution in [1.29, 1.82) is 0 Å². The third-order valence-electron chi connectivity index (χ3n) is 3.91. The summed E-state index contributed by atoms with van der Waals surface area (Å²) < 4.78 is 0. The molecule has 0 saturated carbocycles. The Morgan fingerprint density at radius 2 is 2.05 bits per heavy atom. The molecule has 1 atom stereocenters. The quantitative estimate of drug-likeness (QED) is 0.914. The van der Waals surface area contributed by atoms with Crippen LogP contribution in [0.5, 0.6) is 0 Å². The minimum atomic E-state index is 0.574. The molecule has 1 unspecified atom stereocenters. The number of hydrogen-bond donors (Lipinski definition) is 1. The molecule has 2 N–H and O–H groups in total. The molecule has 1 aliphatic rings. The highest BCUT2D eigenvalue weighted by atomic mass is 15.2. The van der Waals surface area contributed by atoms with Gasteiger partial charge in [0.05, 0.1) is 11.9 Å². The van der Waals surface area contributed by atoms with Crippen LogP contribution in [0.15, 0.2) is 48.8 Å². The van der Waals surface area contributed by atoms with Crippen LogP contribution in [0.1, 0.15) is 23.5 Å². The smallest absolute Gasteiger partial charge is 0.0598 e. The summed E-state index contributed by atoms with van der Waals surface area (Å²) in [5.41, 5.74) is 9.62. The number of aromatic nitrogens is 1. The first-order valence-corrected chi connectivity index (χ1v) is 6.81. The lowest BCUT2D eigenvalue weighted by Gasteiger charge is -2.21. The fourth-order valence-corrected chi connectivity index (χ4v) is 2.85. The normalized spacial score (nSPS) is 18.8. The Balaban J connectivity index is 1.79. The number of anilines is 1. The molecule has 1 aliphatic heterocycles. The highest BCUT2D eigenvalue weighted by Crippen LogP contribution is 2.31. The fraction of sp³-hybridized carbons (Fsp3) is 0.312. The van der Waals surface area contributed by atoms with E-state index in [2.05, 4.69) is 40.2 Å². The Kier molecular flexibility index (Phi) is 3.47. The van der Waals surface area contributed by atoms with Crippen LogP contribution in [0.2, 0.25) is 0 Å². The van der Waals surface area contributed by atoms with E-state index < -0.39 is 0 Å². The molecular formula is C16H19N3. The van der Waals surface area contributed by atoms with Crippen molar-refractivity contribution in [1.82, 2.24) is 4.98 Å². The Morgan fingerprint density at radius 3 is 2.84 bits per heavy atom. The van der Waals surface area contributed by atoms with Gasteiger partial charge in [-0.1, -0.05) is 30.3 Å². The summed E-state index contributed by atoms with van der Waals surface area (Å²) in [5, 5.41) is 0. The standard InChI is InChI=1S/C16H19N3/c17-10-14-6-8-18-11-16(14)19-9-7-15(12-19)13-4-2-1-3-5-13/h1-6,8,11,15H,7,9-10,12,17H2. The summed E-state index contributed by atoms with van der Waals surface area (Å²) in [6.45, 7) is 2.71. The summed E-state index contributed by atoms with van der Waals surface area (Å²) in [4.78, 5) is 6.65. The molecule has 3 nitrogen and oxygen atoms in total. The topological polar surface area (TPSA) is 42.1 Å². The average molecular weight is 253 g/mol. The van der Waals surface area contributed by atoms with E-state index in [1.807, 2.05) is 18.5 Å². The largest absolute Gasteiger partial charge is 0.369 e. The lowest BCUT2D eigenvalue weighted by molar-refractivity contribution is 0.774. The van der Waals surface area contributed by atoms with Crippen molar-refractivity contribution in [3.05, 3.63) is 59.9 Å². The first kappa shape index (κ1) is 12.2. The van der Waals surface area contributed by atoms with Gasteiger partial charge in [0, 0.05) is 31.7 Å². The molecule has 0 amide bonds. The van der Waals surface area contributed by atoms with Crippen LogP contribution in [0, 0.1) is 0 Å². The van der Waals surface area contributed by atoms with Crippen LogP contribution in [0.4, 0.5) is 5.69 Å². The van der Waals surface area contributed by atoms with E-state index in [0.29, 0.717) is 12.5 Å². The van der Waals surface area contributed by atoms with Crippen LogP contribution >= 0.6 is 0 Å². The lowest BCUT2D eigenvalue weighted by atomic mass is 9.99. The molecule has 2 aromatic rings. The molecule has 0 bridgehead atoms. The fourth-order valence-electron chi connectivity index (χ4n) is 2.85. The van der Waals surface area contributed by atoms with Crippen molar-refractivity contribution in [3.63, 3.8) is 0 Å². The van der Waals surface area contributed by atoms with Gasteiger partial charge in [0.2, 0.25) is 0 Å². The van der Waals surface area contributed by atoms with Gasteiger partial charge >= 0.3 is 0 Å². The summed E-state index contributed by atoms with van der Waals surface area (Å²) in [6, 6.07) is 12.8. The maximum absolute atomic E-state index is 5.81. The molecule has 1 fully saturated rings. The van der Waals surface area contributed by atoms with E-state index in [9.17, 15) is 0 Å². The van der Waals surface area contributed by atoms with E-state index in [0.717, 1.165) is 13.1 Å². The molecule has 1 aromatic heterocycles. The maximum atomic E-state index is 5.81. The molecule has 2 heterocycles. The van der Waals surface area contributed by atoms with Gasteiger partial charge in [0.1, 0.15) is 0 Å². The molecule has 3 heteroatoms. The van der Waals surface area contributed by atoms with Crippen LogP contribution in [-0.4, -0.2) is 18.1 Å². The van der Waals surface area contributed by atoms with Gasteiger partial charge in [-0.2, -0.15) is 0 Å². The van der Waals surface area contributed by atoms with Crippen LogP contribution in [0.25, 0.3) is 0 Å². The zero-order valence-electron chi connectivity index (χ0n) is 11.0. The van der Waals surface area contributed by atoms with E-state index in [1.165, 1.54) is 23.2 Å². The third kappa shape index (κ3) is 2.47.